The average molecular weight is 193 g/mol. The number of nitrogens with zero attached hydrogens (tertiary/aromatic N) is 3. The second kappa shape index (κ2) is 4.50. The molecular weight excluding hydrogens is 182 g/mol. The largest absolute Gasteiger partial charge is 0.496 e. The van der Waals surface area contributed by atoms with Crippen molar-refractivity contribution >= 4 is 5.69 Å². The summed E-state index contributed by atoms with van der Waals surface area (Å²) in [6, 6.07) is 4.95. The Morgan fingerprint density at radius 3 is 2.79 bits per heavy atom. The highest BCUT2D eigenvalue weighted by atomic mass is 16.5. The summed E-state index contributed by atoms with van der Waals surface area (Å²) in [7, 11) is 1.48. The number of hydrogen-bond donors (Lipinski definition) is 1. The Labute approximate surface area is 81.6 Å². The first-order chi connectivity index (χ1) is 6.69. The molecule has 1 unspecified atom stereocenters. The molecule has 0 aromatic heterocycles. The van der Waals surface area contributed by atoms with Crippen LogP contribution in [0.15, 0.2) is 23.3 Å². The molecule has 0 fully saturated rings. The quantitative estimate of drug-likeness (QED) is 0.455. The van der Waals surface area contributed by atoms with Crippen molar-refractivity contribution in [3.05, 3.63) is 34.2 Å². The molecule has 0 heterocycles. The van der Waals surface area contributed by atoms with Crippen molar-refractivity contribution in [1.29, 1.82) is 0 Å². The van der Waals surface area contributed by atoms with Crippen molar-refractivity contribution in [2.45, 2.75) is 13.0 Å². The van der Waals surface area contributed by atoms with Crippen LogP contribution in [0, 0.1) is 0 Å². The fourth-order valence-electron chi connectivity index (χ4n) is 1.08. The number of aliphatic hydroxyl groups is 1. The first kappa shape index (κ1) is 10.4. The zero-order valence-corrected chi connectivity index (χ0v) is 8.01. The van der Waals surface area contributed by atoms with E-state index in [9.17, 15) is 5.11 Å². The molecule has 1 N–H and O–H groups in total. The maximum absolute atomic E-state index is 9.31. The molecule has 0 saturated carbocycles. The summed E-state index contributed by atoms with van der Waals surface area (Å²) >= 11 is 0. The van der Waals surface area contributed by atoms with Crippen LogP contribution in [0.3, 0.4) is 0 Å². The van der Waals surface area contributed by atoms with Gasteiger partial charge in [-0.1, -0.05) is 11.2 Å². The van der Waals surface area contributed by atoms with Gasteiger partial charge in [-0.2, -0.15) is 0 Å². The predicted octanol–water partition coefficient (Wildman–Crippen LogP) is 2.69. The van der Waals surface area contributed by atoms with Crippen LogP contribution in [0.5, 0.6) is 5.75 Å². The third kappa shape index (κ3) is 2.16. The van der Waals surface area contributed by atoms with Crippen molar-refractivity contribution in [3.63, 3.8) is 0 Å². The number of azide groups is 1. The molecule has 0 spiro atoms. The van der Waals surface area contributed by atoms with Gasteiger partial charge in [-0.3, -0.25) is 0 Å². The van der Waals surface area contributed by atoms with Crippen LogP contribution in [0.4, 0.5) is 5.69 Å². The van der Waals surface area contributed by atoms with Gasteiger partial charge in [0, 0.05) is 4.91 Å². The summed E-state index contributed by atoms with van der Waals surface area (Å²) in [6.07, 6.45) is -0.566. The first-order valence-corrected chi connectivity index (χ1v) is 4.10. The lowest BCUT2D eigenvalue weighted by Crippen LogP contribution is -1.92. The molecular formula is C9H11N3O2. The van der Waals surface area contributed by atoms with Gasteiger partial charge < -0.3 is 9.84 Å². The molecule has 74 valence electrons. The van der Waals surface area contributed by atoms with Crippen LogP contribution >= 0.6 is 0 Å². The van der Waals surface area contributed by atoms with Crippen molar-refractivity contribution < 1.29 is 9.84 Å². The molecule has 1 rings (SSSR count). The zero-order chi connectivity index (χ0) is 10.6. The topological polar surface area (TPSA) is 78.2 Å². The molecule has 0 radical (unpaired) electrons. The molecule has 0 amide bonds. The SMILES string of the molecule is COc1cc(C(C)O)ccc1N=[N+]=[N-]. The number of hydrogen-bond acceptors (Lipinski definition) is 3. The van der Waals surface area contributed by atoms with Gasteiger partial charge in [0.2, 0.25) is 0 Å². The zero-order valence-electron chi connectivity index (χ0n) is 8.01. The van der Waals surface area contributed by atoms with E-state index in [2.05, 4.69) is 10.0 Å². The minimum Gasteiger partial charge on any atom is -0.496 e. The molecule has 0 aliphatic carbocycles. The average Bonchev–Trinajstić information content (AvgIpc) is 2.18. The molecule has 0 saturated heterocycles. The molecule has 0 aliphatic rings. The van der Waals surface area contributed by atoms with Gasteiger partial charge in [0.15, 0.2) is 0 Å². The summed E-state index contributed by atoms with van der Waals surface area (Å²) in [5.41, 5.74) is 9.41. The number of ether oxygens (including phenoxy) is 1. The van der Waals surface area contributed by atoms with E-state index >= 15 is 0 Å². The molecule has 5 heteroatoms. The fourth-order valence-corrected chi connectivity index (χ4v) is 1.08. The third-order valence-electron chi connectivity index (χ3n) is 1.84. The Morgan fingerprint density at radius 2 is 2.29 bits per heavy atom. The van der Waals surface area contributed by atoms with Gasteiger partial charge in [-0.15, -0.1) is 0 Å². The van der Waals surface area contributed by atoms with Crippen LogP contribution in [0.1, 0.15) is 18.6 Å². The first-order valence-electron chi connectivity index (χ1n) is 4.10. The normalized spacial score (nSPS) is 11.6. The lowest BCUT2D eigenvalue weighted by molar-refractivity contribution is 0.199. The number of rotatable bonds is 3. The molecule has 1 aromatic carbocycles. The van der Waals surface area contributed by atoms with Crippen molar-refractivity contribution in [2.75, 3.05) is 7.11 Å². The Bertz CT molecular complexity index is 370. The highest BCUT2D eigenvalue weighted by molar-refractivity contribution is 5.53. The Balaban J connectivity index is 3.17. The van der Waals surface area contributed by atoms with Gasteiger partial charge >= 0.3 is 0 Å². The smallest absolute Gasteiger partial charge is 0.128 e. The minimum absolute atomic E-state index is 0.416. The van der Waals surface area contributed by atoms with Gasteiger partial charge in [0.25, 0.3) is 0 Å². The van der Waals surface area contributed by atoms with E-state index < -0.39 is 6.10 Å². The van der Waals surface area contributed by atoms with Crippen LogP contribution in [0.25, 0.3) is 10.4 Å². The molecule has 0 aliphatic heterocycles. The van der Waals surface area contributed by atoms with Crippen LogP contribution in [-0.4, -0.2) is 12.2 Å². The Morgan fingerprint density at radius 1 is 1.57 bits per heavy atom. The van der Waals surface area contributed by atoms with E-state index in [0.29, 0.717) is 11.4 Å². The molecule has 1 atom stereocenters. The van der Waals surface area contributed by atoms with Crippen LogP contribution in [-0.2, 0) is 0 Å². The van der Waals surface area contributed by atoms with Gasteiger partial charge in [-0.25, -0.2) is 0 Å². The maximum Gasteiger partial charge on any atom is 0.128 e. The number of methoxy groups -OCH3 is 1. The molecule has 1 aromatic rings. The van der Waals surface area contributed by atoms with E-state index in [4.69, 9.17) is 10.3 Å². The Hall–Kier alpha value is -1.71. The lowest BCUT2D eigenvalue weighted by Gasteiger charge is -2.08. The van der Waals surface area contributed by atoms with E-state index in [1.54, 1.807) is 25.1 Å². The summed E-state index contributed by atoms with van der Waals surface area (Å²) < 4.78 is 5.01. The fraction of sp³-hybridized carbons (Fsp3) is 0.333. The number of aliphatic hydroxyl groups excluding tert-OH is 1. The van der Waals surface area contributed by atoms with E-state index in [0.717, 1.165) is 5.56 Å². The summed E-state index contributed by atoms with van der Waals surface area (Å²) in [6.45, 7) is 1.65. The monoisotopic (exact) mass is 193 g/mol. The van der Waals surface area contributed by atoms with Crippen molar-refractivity contribution in [1.82, 2.24) is 0 Å². The second-order valence-corrected chi connectivity index (χ2v) is 2.80. The number of benzene rings is 1. The van der Waals surface area contributed by atoms with Gasteiger partial charge in [0.1, 0.15) is 5.75 Å². The standard InChI is InChI=1S/C9H11N3O2/c1-6(13)7-3-4-8(11-12-10)9(5-7)14-2/h3-6,13H,1-2H3. The summed E-state index contributed by atoms with van der Waals surface area (Å²) in [5.74, 6) is 0.459. The van der Waals surface area contributed by atoms with E-state index in [1.165, 1.54) is 7.11 Å². The van der Waals surface area contributed by atoms with E-state index in [-0.39, 0.29) is 0 Å². The highest BCUT2D eigenvalue weighted by Gasteiger charge is 2.05. The predicted molar refractivity (Wildman–Crippen MR) is 52.4 cm³/mol. The minimum atomic E-state index is -0.566. The van der Waals surface area contributed by atoms with Gasteiger partial charge in [0.05, 0.1) is 18.9 Å². The van der Waals surface area contributed by atoms with Crippen molar-refractivity contribution in [2.24, 2.45) is 5.11 Å². The van der Waals surface area contributed by atoms with E-state index in [1.807, 2.05) is 0 Å². The Kier molecular flexibility index (Phi) is 3.34. The molecule has 5 nitrogen and oxygen atoms in total. The van der Waals surface area contributed by atoms with Crippen LogP contribution < -0.4 is 4.74 Å². The summed E-state index contributed by atoms with van der Waals surface area (Å²) in [5, 5.41) is 12.8. The summed E-state index contributed by atoms with van der Waals surface area (Å²) in [4.78, 5) is 2.67. The van der Waals surface area contributed by atoms with Crippen molar-refractivity contribution in [3.8, 4) is 5.75 Å². The third-order valence-corrected chi connectivity index (χ3v) is 1.84. The van der Waals surface area contributed by atoms with Crippen LogP contribution in [0.2, 0.25) is 0 Å². The highest BCUT2D eigenvalue weighted by Crippen LogP contribution is 2.30. The lowest BCUT2D eigenvalue weighted by atomic mass is 10.1. The van der Waals surface area contributed by atoms with Gasteiger partial charge in [-0.05, 0) is 30.2 Å². The maximum atomic E-state index is 9.31. The molecule has 0 bridgehead atoms. The second-order valence-electron chi connectivity index (χ2n) is 2.80. The molecule has 14 heavy (non-hydrogen) atoms.